The molecular weight excluding hydrogens is 192 g/mol. The standard InChI is InChI=1S/C11H20N2O2/c1-8(14)13-7-5-6-9(13)10(15)12-11(2,3)4/h9H,5-7H2,1-4H3,(H,12,15). The van der Waals surface area contributed by atoms with Crippen LogP contribution in [-0.2, 0) is 9.59 Å². The minimum Gasteiger partial charge on any atom is -0.350 e. The zero-order chi connectivity index (χ0) is 11.6. The van der Waals surface area contributed by atoms with Crippen molar-refractivity contribution in [2.75, 3.05) is 6.54 Å². The van der Waals surface area contributed by atoms with Gasteiger partial charge in [-0.05, 0) is 33.6 Å². The van der Waals surface area contributed by atoms with Crippen molar-refractivity contribution in [1.82, 2.24) is 10.2 Å². The molecule has 4 nitrogen and oxygen atoms in total. The molecule has 2 amide bonds. The van der Waals surface area contributed by atoms with Crippen LogP contribution >= 0.6 is 0 Å². The Morgan fingerprint density at radius 1 is 1.33 bits per heavy atom. The van der Waals surface area contributed by atoms with Crippen LogP contribution < -0.4 is 5.32 Å². The second kappa shape index (κ2) is 4.21. The molecule has 0 aliphatic carbocycles. The normalized spacial score (nSPS) is 21.6. The van der Waals surface area contributed by atoms with Gasteiger partial charge in [0.2, 0.25) is 11.8 Å². The van der Waals surface area contributed by atoms with Crippen molar-refractivity contribution < 1.29 is 9.59 Å². The quantitative estimate of drug-likeness (QED) is 0.702. The number of rotatable bonds is 1. The van der Waals surface area contributed by atoms with Crippen LogP contribution in [-0.4, -0.2) is 34.8 Å². The average molecular weight is 212 g/mol. The third-order valence-corrected chi connectivity index (χ3v) is 2.46. The lowest BCUT2D eigenvalue weighted by Gasteiger charge is -2.27. The number of amides is 2. The molecule has 0 aromatic rings. The van der Waals surface area contributed by atoms with E-state index in [4.69, 9.17) is 0 Å². The first-order chi connectivity index (χ1) is 6.81. The zero-order valence-electron chi connectivity index (χ0n) is 9.96. The van der Waals surface area contributed by atoms with Crippen LogP contribution in [0.1, 0.15) is 40.5 Å². The van der Waals surface area contributed by atoms with Crippen molar-refractivity contribution in [3.8, 4) is 0 Å². The molecule has 1 heterocycles. The maximum Gasteiger partial charge on any atom is 0.243 e. The van der Waals surface area contributed by atoms with E-state index in [1.54, 1.807) is 4.90 Å². The number of nitrogens with zero attached hydrogens (tertiary/aromatic N) is 1. The van der Waals surface area contributed by atoms with E-state index in [1.165, 1.54) is 6.92 Å². The van der Waals surface area contributed by atoms with Gasteiger partial charge in [0, 0.05) is 19.0 Å². The van der Waals surface area contributed by atoms with E-state index in [-0.39, 0.29) is 23.4 Å². The van der Waals surface area contributed by atoms with Gasteiger partial charge >= 0.3 is 0 Å². The van der Waals surface area contributed by atoms with Gasteiger partial charge in [-0.1, -0.05) is 0 Å². The summed E-state index contributed by atoms with van der Waals surface area (Å²) in [5.74, 6) is -0.0447. The third kappa shape index (κ3) is 3.22. The molecular formula is C11H20N2O2. The first kappa shape index (κ1) is 12.0. The summed E-state index contributed by atoms with van der Waals surface area (Å²) in [7, 11) is 0. The van der Waals surface area contributed by atoms with Gasteiger partial charge in [-0.3, -0.25) is 9.59 Å². The Morgan fingerprint density at radius 2 is 1.93 bits per heavy atom. The molecule has 1 saturated heterocycles. The van der Waals surface area contributed by atoms with Gasteiger partial charge in [0.25, 0.3) is 0 Å². The van der Waals surface area contributed by atoms with Crippen molar-refractivity contribution in [3.63, 3.8) is 0 Å². The highest BCUT2D eigenvalue weighted by Gasteiger charge is 2.33. The highest BCUT2D eigenvalue weighted by Crippen LogP contribution is 2.18. The van der Waals surface area contributed by atoms with Gasteiger partial charge in [-0.2, -0.15) is 0 Å². The zero-order valence-corrected chi connectivity index (χ0v) is 9.96. The molecule has 1 unspecified atom stereocenters. The Labute approximate surface area is 91.0 Å². The van der Waals surface area contributed by atoms with E-state index in [0.717, 1.165) is 12.8 Å². The summed E-state index contributed by atoms with van der Waals surface area (Å²) >= 11 is 0. The first-order valence-corrected chi connectivity index (χ1v) is 5.40. The largest absolute Gasteiger partial charge is 0.350 e. The van der Waals surface area contributed by atoms with Crippen molar-refractivity contribution in [3.05, 3.63) is 0 Å². The monoisotopic (exact) mass is 212 g/mol. The van der Waals surface area contributed by atoms with E-state index < -0.39 is 0 Å². The first-order valence-electron chi connectivity index (χ1n) is 5.40. The third-order valence-electron chi connectivity index (χ3n) is 2.46. The van der Waals surface area contributed by atoms with E-state index in [2.05, 4.69) is 5.32 Å². The lowest BCUT2D eigenvalue weighted by Crippen LogP contribution is -2.50. The molecule has 1 rings (SSSR count). The Hall–Kier alpha value is -1.06. The fraction of sp³-hybridized carbons (Fsp3) is 0.818. The second-order valence-electron chi connectivity index (χ2n) is 5.11. The second-order valence-corrected chi connectivity index (χ2v) is 5.11. The average Bonchev–Trinajstić information content (AvgIpc) is 2.47. The predicted molar refractivity (Wildman–Crippen MR) is 58.3 cm³/mol. The highest BCUT2D eigenvalue weighted by molar-refractivity contribution is 5.87. The summed E-state index contributed by atoms with van der Waals surface area (Å²) in [4.78, 5) is 24.8. The number of hydrogen-bond acceptors (Lipinski definition) is 2. The minimum atomic E-state index is -0.262. The lowest BCUT2D eigenvalue weighted by molar-refractivity contribution is -0.137. The molecule has 0 aromatic heterocycles. The number of likely N-dealkylation sites (tertiary alicyclic amines) is 1. The molecule has 1 N–H and O–H groups in total. The van der Waals surface area contributed by atoms with Gasteiger partial charge < -0.3 is 10.2 Å². The summed E-state index contributed by atoms with van der Waals surface area (Å²) in [6.45, 7) is 8.05. The molecule has 4 heteroatoms. The number of hydrogen-bond donors (Lipinski definition) is 1. The summed E-state index contributed by atoms with van der Waals surface area (Å²) in [5.41, 5.74) is -0.234. The number of nitrogens with one attached hydrogen (secondary N) is 1. The summed E-state index contributed by atoms with van der Waals surface area (Å²) in [6, 6.07) is -0.262. The molecule has 0 spiro atoms. The van der Waals surface area contributed by atoms with Crippen LogP contribution in [0.2, 0.25) is 0 Å². The molecule has 0 radical (unpaired) electrons. The molecule has 0 saturated carbocycles. The van der Waals surface area contributed by atoms with Gasteiger partial charge in [-0.25, -0.2) is 0 Å². The Bertz CT molecular complexity index is 268. The molecule has 1 aliphatic heterocycles. The van der Waals surface area contributed by atoms with Gasteiger partial charge in [0.1, 0.15) is 6.04 Å². The number of carbonyl (C=O) groups is 2. The van der Waals surface area contributed by atoms with Crippen LogP contribution in [0.25, 0.3) is 0 Å². The predicted octanol–water partition coefficient (Wildman–Crippen LogP) is 0.912. The molecule has 1 fully saturated rings. The van der Waals surface area contributed by atoms with E-state index in [9.17, 15) is 9.59 Å². The summed E-state index contributed by atoms with van der Waals surface area (Å²) < 4.78 is 0. The maximum atomic E-state index is 11.9. The fourth-order valence-electron chi connectivity index (χ4n) is 1.87. The Kier molecular flexibility index (Phi) is 3.37. The van der Waals surface area contributed by atoms with Crippen molar-refractivity contribution in [2.24, 2.45) is 0 Å². The van der Waals surface area contributed by atoms with E-state index in [1.807, 2.05) is 20.8 Å². The van der Waals surface area contributed by atoms with Crippen molar-refractivity contribution in [1.29, 1.82) is 0 Å². The highest BCUT2D eigenvalue weighted by atomic mass is 16.2. The van der Waals surface area contributed by atoms with Crippen LogP contribution in [0.3, 0.4) is 0 Å². The van der Waals surface area contributed by atoms with Gasteiger partial charge in [0.15, 0.2) is 0 Å². The lowest BCUT2D eigenvalue weighted by atomic mass is 10.1. The number of carbonyl (C=O) groups excluding carboxylic acids is 2. The van der Waals surface area contributed by atoms with Crippen LogP contribution in [0, 0.1) is 0 Å². The minimum absolute atomic E-state index is 0.0124. The fourth-order valence-corrected chi connectivity index (χ4v) is 1.87. The summed E-state index contributed by atoms with van der Waals surface area (Å²) in [6.07, 6.45) is 1.70. The van der Waals surface area contributed by atoms with E-state index >= 15 is 0 Å². The van der Waals surface area contributed by atoms with Crippen LogP contribution in [0.15, 0.2) is 0 Å². The van der Waals surface area contributed by atoms with Crippen molar-refractivity contribution in [2.45, 2.75) is 52.1 Å². The Balaban J connectivity index is 2.63. The Morgan fingerprint density at radius 3 is 2.40 bits per heavy atom. The maximum absolute atomic E-state index is 11.9. The van der Waals surface area contributed by atoms with Gasteiger partial charge in [-0.15, -0.1) is 0 Å². The molecule has 15 heavy (non-hydrogen) atoms. The van der Waals surface area contributed by atoms with Crippen LogP contribution in [0.4, 0.5) is 0 Å². The molecule has 1 atom stereocenters. The summed E-state index contributed by atoms with van der Waals surface area (Å²) in [5, 5.41) is 2.91. The van der Waals surface area contributed by atoms with Gasteiger partial charge in [0.05, 0.1) is 0 Å². The van der Waals surface area contributed by atoms with E-state index in [0.29, 0.717) is 6.54 Å². The molecule has 0 bridgehead atoms. The SMILES string of the molecule is CC(=O)N1CCCC1C(=O)NC(C)(C)C. The molecule has 1 aliphatic rings. The topological polar surface area (TPSA) is 49.4 Å². The molecule has 86 valence electrons. The van der Waals surface area contributed by atoms with Crippen LogP contribution in [0.5, 0.6) is 0 Å². The smallest absolute Gasteiger partial charge is 0.243 e. The molecule has 0 aromatic carbocycles. The van der Waals surface area contributed by atoms with Crippen molar-refractivity contribution >= 4 is 11.8 Å².